The van der Waals surface area contributed by atoms with Gasteiger partial charge in [0.25, 0.3) is 5.24 Å². The molecule has 2 aromatic carbocycles. The Labute approximate surface area is 178 Å². The lowest BCUT2D eigenvalue weighted by molar-refractivity contribution is -0.137. The molecule has 0 unspecified atom stereocenters. The first-order valence-corrected chi connectivity index (χ1v) is 9.80. The molecular formula is C21H12ClF3N2O2S. The highest BCUT2D eigenvalue weighted by molar-refractivity contribution is 8.18. The van der Waals surface area contributed by atoms with Crippen molar-refractivity contribution in [3.8, 4) is 11.3 Å². The quantitative estimate of drug-likeness (QED) is 0.463. The molecule has 152 valence electrons. The lowest BCUT2D eigenvalue weighted by atomic mass is 10.1. The standard InChI is InChI=1S/C21H12ClF3N2O2S/c22-14-4-6-15(7-5-14)26-19-18(30-20(28)27-19)11-16-8-9-17(29-16)12-2-1-3-13(10-12)21(23,24)25/h1-11H,(H,26,27,28). The maximum Gasteiger partial charge on any atom is 0.416 e. The number of benzene rings is 2. The average molecular weight is 449 g/mol. The highest BCUT2D eigenvalue weighted by Gasteiger charge is 2.30. The van der Waals surface area contributed by atoms with Crippen molar-refractivity contribution in [3.05, 3.63) is 81.9 Å². The molecule has 0 bridgehead atoms. The smallest absolute Gasteiger partial charge is 0.416 e. The van der Waals surface area contributed by atoms with Gasteiger partial charge in [0.1, 0.15) is 17.4 Å². The van der Waals surface area contributed by atoms with E-state index < -0.39 is 11.7 Å². The molecule has 0 saturated carbocycles. The minimum atomic E-state index is -4.44. The fraction of sp³-hybridized carbons (Fsp3) is 0.0476. The van der Waals surface area contributed by atoms with Crippen LogP contribution in [0.5, 0.6) is 0 Å². The molecular weight excluding hydrogens is 437 g/mol. The second-order valence-electron chi connectivity index (χ2n) is 6.24. The van der Waals surface area contributed by atoms with E-state index in [1.165, 1.54) is 12.1 Å². The van der Waals surface area contributed by atoms with Gasteiger partial charge in [-0.2, -0.15) is 13.2 Å². The highest BCUT2D eigenvalue weighted by Crippen LogP contribution is 2.34. The number of hydrogen-bond donors (Lipinski definition) is 1. The van der Waals surface area contributed by atoms with Crippen LogP contribution in [0.4, 0.5) is 23.7 Å². The maximum atomic E-state index is 12.9. The van der Waals surface area contributed by atoms with Crippen LogP contribution in [0.15, 0.2) is 75.0 Å². The zero-order chi connectivity index (χ0) is 21.3. The molecule has 9 heteroatoms. The second-order valence-corrected chi connectivity index (χ2v) is 7.69. The van der Waals surface area contributed by atoms with Crippen molar-refractivity contribution < 1.29 is 22.4 Å². The van der Waals surface area contributed by atoms with Gasteiger partial charge in [0.2, 0.25) is 0 Å². The van der Waals surface area contributed by atoms with Gasteiger partial charge >= 0.3 is 6.18 Å². The number of furan rings is 1. The van der Waals surface area contributed by atoms with Crippen molar-refractivity contribution in [2.24, 2.45) is 4.99 Å². The van der Waals surface area contributed by atoms with Crippen LogP contribution >= 0.6 is 23.4 Å². The molecule has 1 aliphatic rings. The van der Waals surface area contributed by atoms with E-state index >= 15 is 0 Å². The average Bonchev–Trinajstić information content (AvgIpc) is 3.30. The number of amides is 1. The van der Waals surface area contributed by atoms with E-state index in [0.29, 0.717) is 32.8 Å². The topological polar surface area (TPSA) is 54.6 Å². The van der Waals surface area contributed by atoms with Crippen molar-refractivity contribution in [1.29, 1.82) is 0 Å². The van der Waals surface area contributed by atoms with E-state index in [1.54, 1.807) is 42.5 Å². The summed E-state index contributed by atoms with van der Waals surface area (Å²) in [6.07, 6.45) is -2.83. The number of alkyl halides is 3. The van der Waals surface area contributed by atoms with Crippen LogP contribution < -0.4 is 5.32 Å². The summed E-state index contributed by atoms with van der Waals surface area (Å²) in [7, 11) is 0. The van der Waals surface area contributed by atoms with Crippen molar-refractivity contribution in [2.45, 2.75) is 6.18 Å². The fourth-order valence-electron chi connectivity index (χ4n) is 2.72. The summed E-state index contributed by atoms with van der Waals surface area (Å²) in [6.45, 7) is 0. The van der Waals surface area contributed by atoms with Gasteiger partial charge < -0.3 is 9.73 Å². The molecule has 0 radical (unpaired) electrons. The molecule has 1 N–H and O–H groups in total. The van der Waals surface area contributed by atoms with Crippen molar-refractivity contribution in [1.82, 2.24) is 5.32 Å². The van der Waals surface area contributed by atoms with Gasteiger partial charge in [-0.25, -0.2) is 4.99 Å². The molecule has 0 atom stereocenters. The number of nitrogens with one attached hydrogen (secondary N) is 1. The molecule has 1 fully saturated rings. The van der Waals surface area contributed by atoms with E-state index in [-0.39, 0.29) is 11.0 Å². The maximum absolute atomic E-state index is 12.9. The first kappa shape index (κ1) is 20.3. The summed E-state index contributed by atoms with van der Waals surface area (Å²) in [4.78, 5) is 16.8. The van der Waals surface area contributed by atoms with E-state index in [0.717, 1.165) is 23.9 Å². The van der Waals surface area contributed by atoms with Gasteiger partial charge in [-0.3, -0.25) is 4.79 Å². The Kier molecular flexibility index (Phi) is 5.44. The number of carbonyl (C=O) groups is 1. The van der Waals surface area contributed by atoms with Crippen LogP contribution in [0, 0.1) is 0 Å². The number of rotatable bonds is 3. The molecule has 1 amide bonds. The second kappa shape index (κ2) is 8.04. The first-order chi connectivity index (χ1) is 14.3. The third-order valence-electron chi connectivity index (χ3n) is 4.10. The van der Waals surface area contributed by atoms with Crippen LogP contribution in [0.25, 0.3) is 17.4 Å². The molecule has 0 spiro atoms. The largest absolute Gasteiger partial charge is 0.457 e. The molecule has 2 heterocycles. The van der Waals surface area contributed by atoms with Crippen LogP contribution in [-0.2, 0) is 6.18 Å². The van der Waals surface area contributed by atoms with Gasteiger partial charge in [0, 0.05) is 10.6 Å². The van der Waals surface area contributed by atoms with Gasteiger partial charge in [-0.05, 0) is 66.4 Å². The molecule has 1 aliphatic heterocycles. The number of thioether (sulfide) groups is 1. The summed E-state index contributed by atoms with van der Waals surface area (Å²) in [5.41, 5.74) is 0.153. The van der Waals surface area contributed by atoms with Crippen LogP contribution in [0.3, 0.4) is 0 Å². The molecule has 1 aromatic heterocycles. The number of aliphatic imine (C=N–C) groups is 1. The Hall–Kier alpha value is -2.97. The SMILES string of the molecule is O=C1NC(=Nc2ccc(Cl)cc2)C(=Cc2ccc(-c3cccc(C(F)(F)F)c3)o2)S1. The fourth-order valence-corrected chi connectivity index (χ4v) is 3.56. The van der Waals surface area contributed by atoms with Crippen LogP contribution in [0.1, 0.15) is 11.3 Å². The molecule has 4 rings (SSSR count). The number of nitrogens with zero attached hydrogens (tertiary/aromatic N) is 1. The van der Waals surface area contributed by atoms with Crippen LogP contribution in [0.2, 0.25) is 5.02 Å². The Balaban J connectivity index is 1.63. The lowest BCUT2D eigenvalue weighted by Crippen LogP contribution is -2.18. The van der Waals surface area contributed by atoms with Gasteiger partial charge in [0.05, 0.1) is 16.2 Å². The summed E-state index contributed by atoms with van der Waals surface area (Å²) in [5.74, 6) is 1.01. The zero-order valence-electron chi connectivity index (χ0n) is 15.0. The summed E-state index contributed by atoms with van der Waals surface area (Å²) in [6, 6.07) is 14.9. The molecule has 0 aliphatic carbocycles. The number of carbonyl (C=O) groups excluding carboxylic acids is 1. The zero-order valence-corrected chi connectivity index (χ0v) is 16.6. The summed E-state index contributed by atoms with van der Waals surface area (Å²) in [5, 5.41) is 2.93. The predicted octanol–water partition coefficient (Wildman–Crippen LogP) is 7.15. The monoisotopic (exact) mass is 448 g/mol. The number of amidine groups is 1. The number of hydrogen-bond acceptors (Lipinski definition) is 4. The Bertz CT molecular complexity index is 1170. The molecule has 30 heavy (non-hydrogen) atoms. The van der Waals surface area contributed by atoms with E-state index in [1.807, 2.05) is 0 Å². The normalized spacial score (nSPS) is 17.0. The first-order valence-electron chi connectivity index (χ1n) is 8.60. The third-order valence-corrected chi connectivity index (χ3v) is 5.17. The number of halogens is 4. The van der Waals surface area contributed by atoms with E-state index in [4.69, 9.17) is 16.0 Å². The van der Waals surface area contributed by atoms with Crippen LogP contribution in [-0.4, -0.2) is 11.1 Å². The molecule has 3 aromatic rings. The Morgan fingerprint density at radius 2 is 1.83 bits per heavy atom. The minimum absolute atomic E-state index is 0.284. The van der Waals surface area contributed by atoms with Crippen molar-refractivity contribution >= 4 is 46.2 Å². The summed E-state index contributed by atoms with van der Waals surface area (Å²) < 4.78 is 44.5. The van der Waals surface area contributed by atoms with Crippen molar-refractivity contribution in [3.63, 3.8) is 0 Å². The third kappa shape index (κ3) is 4.60. The Morgan fingerprint density at radius 1 is 1.07 bits per heavy atom. The minimum Gasteiger partial charge on any atom is -0.457 e. The molecule has 4 nitrogen and oxygen atoms in total. The van der Waals surface area contributed by atoms with E-state index in [9.17, 15) is 18.0 Å². The van der Waals surface area contributed by atoms with E-state index in [2.05, 4.69) is 10.3 Å². The van der Waals surface area contributed by atoms with Gasteiger partial charge in [-0.1, -0.05) is 23.7 Å². The van der Waals surface area contributed by atoms with Gasteiger partial charge in [0.15, 0.2) is 0 Å². The predicted molar refractivity (Wildman–Crippen MR) is 112 cm³/mol. The summed E-state index contributed by atoms with van der Waals surface area (Å²) >= 11 is 6.81. The van der Waals surface area contributed by atoms with Gasteiger partial charge in [-0.15, -0.1) is 0 Å². The molecule has 1 saturated heterocycles. The van der Waals surface area contributed by atoms with Crippen molar-refractivity contribution in [2.75, 3.05) is 0 Å². The Morgan fingerprint density at radius 3 is 2.57 bits per heavy atom. The highest BCUT2D eigenvalue weighted by atomic mass is 35.5. The lowest BCUT2D eigenvalue weighted by Gasteiger charge is -2.07.